The molecule has 0 spiro atoms. The van der Waals surface area contributed by atoms with E-state index in [0.29, 0.717) is 6.54 Å². The molecular formula is C14H16ClN3. The standard InChI is InChI=1S/C14H16ClN3/c1-10(6-8-16)14-17-9-7-13(18-14)11-2-4-12(15)5-3-11/h2-5,7,9-10H,6,8,16H2,1H3. The van der Waals surface area contributed by atoms with Crippen LogP contribution in [0.3, 0.4) is 0 Å². The van der Waals surface area contributed by atoms with E-state index in [-0.39, 0.29) is 5.92 Å². The third kappa shape index (κ3) is 3.06. The van der Waals surface area contributed by atoms with Crippen molar-refractivity contribution in [3.63, 3.8) is 0 Å². The molecule has 3 nitrogen and oxygen atoms in total. The second kappa shape index (κ2) is 5.94. The largest absolute Gasteiger partial charge is 0.330 e. The molecule has 0 radical (unpaired) electrons. The van der Waals surface area contributed by atoms with Crippen LogP contribution in [-0.4, -0.2) is 16.5 Å². The average molecular weight is 262 g/mol. The number of rotatable bonds is 4. The van der Waals surface area contributed by atoms with E-state index in [2.05, 4.69) is 16.9 Å². The maximum absolute atomic E-state index is 5.88. The molecule has 0 amide bonds. The highest BCUT2D eigenvalue weighted by Crippen LogP contribution is 2.21. The van der Waals surface area contributed by atoms with Gasteiger partial charge in [0.25, 0.3) is 0 Å². The summed E-state index contributed by atoms with van der Waals surface area (Å²) in [7, 11) is 0. The van der Waals surface area contributed by atoms with E-state index in [1.165, 1.54) is 0 Å². The van der Waals surface area contributed by atoms with Crippen molar-refractivity contribution in [2.75, 3.05) is 6.54 Å². The van der Waals surface area contributed by atoms with Crippen LogP contribution < -0.4 is 5.73 Å². The van der Waals surface area contributed by atoms with E-state index >= 15 is 0 Å². The molecule has 4 heteroatoms. The third-order valence-electron chi connectivity index (χ3n) is 2.85. The Morgan fingerprint density at radius 1 is 1.22 bits per heavy atom. The van der Waals surface area contributed by atoms with E-state index in [1.807, 2.05) is 30.3 Å². The molecule has 2 aromatic rings. The molecule has 1 atom stereocenters. The van der Waals surface area contributed by atoms with Gasteiger partial charge in [-0.3, -0.25) is 0 Å². The van der Waals surface area contributed by atoms with Crippen LogP contribution in [0.2, 0.25) is 5.02 Å². The summed E-state index contributed by atoms with van der Waals surface area (Å²) in [5.74, 6) is 1.12. The fourth-order valence-electron chi connectivity index (χ4n) is 1.77. The number of benzene rings is 1. The molecule has 1 aromatic heterocycles. The van der Waals surface area contributed by atoms with Gasteiger partial charge in [-0.25, -0.2) is 9.97 Å². The Bertz CT molecular complexity index is 511. The highest BCUT2D eigenvalue weighted by atomic mass is 35.5. The molecule has 94 valence electrons. The van der Waals surface area contributed by atoms with Crippen LogP contribution >= 0.6 is 11.6 Å². The lowest BCUT2D eigenvalue weighted by molar-refractivity contribution is 0.647. The lowest BCUT2D eigenvalue weighted by atomic mass is 10.1. The normalized spacial score (nSPS) is 12.4. The van der Waals surface area contributed by atoms with E-state index in [0.717, 1.165) is 28.5 Å². The summed E-state index contributed by atoms with van der Waals surface area (Å²) in [6, 6.07) is 9.55. The summed E-state index contributed by atoms with van der Waals surface area (Å²) in [4.78, 5) is 8.89. The Labute approximate surface area is 112 Å². The van der Waals surface area contributed by atoms with Crippen LogP contribution in [0.15, 0.2) is 36.5 Å². The summed E-state index contributed by atoms with van der Waals surface area (Å²) in [6.07, 6.45) is 2.68. The Hall–Kier alpha value is -1.45. The van der Waals surface area contributed by atoms with Gasteiger partial charge in [-0.05, 0) is 31.2 Å². The zero-order valence-corrected chi connectivity index (χ0v) is 11.1. The van der Waals surface area contributed by atoms with Gasteiger partial charge in [-0.15, -0.1) is 0 Å². The van der Waals surface area contributed by atoms with E-state index in [1.54, 1.807) is 6.20 Å². The second-order valence-corrected chi connectivity index (χ2v) is 4.72. The number of nitrogens with two attached hydrogens (primary N) is 1. The molecule has 0 fully saturated rings. The zero-order chi connectivity index (χ0) is 13.0. The maximum atomic E-state index is 5.88. The lowest BCUT2D eigenvalue weighted by Crippen LogP contribution is -2.08. The van der Waals surface area contributed by atoms with Crippen LogP contribution in [0.4, 0.5) is 0 Å². The van der Waals surface area contributed by atoms with Crippen molar-refractivity contribution in [3.05, 3.63) is 47.4 Å². The number of hydrogen-bond donors (Lipinski definition) is 1. The van der Waals surface area contributed by atoms with Gasteiger partial charge in [-0.2, -0.15) is 0 Å². The van der Waals surface area contributed by atoms with Crippen LogP contribution in [0, 0.1) is 0 Å². The molecule has 1 aromatic carbocycles. The predicted octanol–water partition coefficient (Wildman–Crippen LogP) is 3.25. The highest BCUT2D eigenvalue weighted by Gasteiger charge is 2.09. The van der Waals surface area contributed by atoms with Crippen molar-refractivity contribution in [2.45, 2.75) is 19.3 Å². The fourth-order valence-corrected chi connectivity index (χ4v) is 1.90. The number of aromatic nitrogens is 2. The van der Waals surface area contributed by atoms with Gasteiger partial charge in [-0.1, -0.05) is 30.7 Å². The van der Waals surface area contributed by atoms with Crippen molar-refractivity contribution < 1.29 is 0 Å². The van der Waals surface area contributed by atoms with Gasteiger partial charge in [0, 0.05) is 22.7 Å². The van der Waals surface area contributed by atoms with Gasteiger partial charge in [0.15, 0.2) is 0 Å². The van der Waals surface area contributed by atoms with Crippen LogP contribution in [-0.2, 0) is 0 Å². The summed E-state index contributed by atoms with van der Waals surface area (Å²) >= 11 is 5.88. The molecule has 2 N–H and O–H groups in total. The molecule has 1 heterocycles. The third-order valence-corrected chi connectivity index (χ3v) is 3.11. The summed E-state index contributed by atoms with van der Waals surface area (Å²) < 4.78 is 0. The quantitative estimate of drug-likeness (QED) is 0.919. The van der Waals surface area contributed by atoms with E-state index < -0.39 is 0 Å². The molecule has 0 aliphatic rings. The molecule has 2 rings (SSSR count). The minimum absolute atomic E-state index is 0.280. The van der Waals surface area contributed by atoms with Crippen molar-refractivity contribution in [2.24, 2.45) is 5.73 Å². The monoisotopic (exact) mass is 261 g/mol. The van der Waals surface area contributed by atoms with Crippen LogP contribution in [0.5, 0.6) is 0 Å². The van der Waals surface area contributed by atoms with Gasteiger partial charge in [0.2, 0.25) is 0 Å². The van der Waals surface area contributed by atoms with Gasteiger partial charge < -0.3 is 5.73 Å². The first-order chi connectivity index (χ1) is 8.70. The molecule has 0 bridgehead atoms. The first-order valence-corrected chi connectivity index (χ1v) is 6.37. The number of halogens is 1. The lowest BCUT2D eigenvalue weighted by Gasteiger charge is -2.09. The topological polar surface area (TPSA) is 51.8 Å². The van der Waals surface area contributed by atoms with Gasteiger partial charge >= 0.3 is 0 Å². The van der Waals surface area contributed by atoms with Crippen LogP contribution in [0.25, 0.3) is 11.3 Å². The first kappa shape index (κ1) is 13.0. The average Bonchev–Trinajstić information content (AvgIpc) is 2.40. The summed E-state index contributed by atoms with van der Waals surface area (Å²) in [5, 5.41) is 0.726. The van der Waals surface area contributed by atoms with Crippen molar-refractivity contribution >= 4 is 11.6 Å². The summed E-state index contributed by atoms with van der Waals surface area (Å²) in [6.45, 7) is 2.74. The number of nitrogens with zero attached hydrogens (tertiary/aromatic N) is 2. The molecule has 0 aliphatic carbocycles. The van der Waals surface area contributed by atoms with Crippen molar-refractivity contribution in [3.8, 4) is 11.3 Å². The minimum Gasteiger partial charge on any atom is -0.330 e. The second-order valence-electron chi connectivity index (χ2n) is 4.29. The number of hydrogen-bond acceptors (Lipinski definition) is 3. The predicted molar refractivity (Wildman–Crippen MR) is 74.6 cm³/mol. The van der Waals surface area contributed by atoms with E-state index in [9.17, 15) is 0 Å². The smallest absolute Gasteiger partial charge is 0.131 e. The molecular weight excluding hydrogens is 246 g/mol. The SMILES string of the molecule is CC(CCN)c1nccc(-c2ccc(Cl)cc2)n1. The van der Waals surface area contributed by atoms with Crippen molar-refractivity contribution in [1.29, 1.82) is 0 Å². The Kier molecular flexibility index (Phi) is 4.28. The molecule has 1 unspecified atom stereocenters. The zero-order valence-electron chi connectivity index (χ0n) is 10.3. The Balaban J connectivity index is 2.29. The maximum Gasteiger partial charge on any atom is 0.131 e. The molecule has 0 aliphatic heterocycles. The first-order valence-electron chi connectivity index (χ1n) is 5.99. The van der Waals surface area contributed by atoms with Gasteiger partial charge in [0.1, 0.15) is 5.82 Å². The van der Waals surface area contributed by atoms with Crippen molar-refractivity contribution in [1.82, 2.24) is 9.97 Å². The summed E-state index contributed by atoms with van der Waals surface area (Å²) in [5.41, 5.74) is 7.52. The fraction of sp³-hybridized carbons (Fsp3) is 0.286. The molecule has 0 saturated carbocycles. The van der Waals surface area contributed by atoms with Gasteiger partial charge in [0.05, 0.1) is 5.69 Å². The van der Waals surface area contributed by atoms with E-state index in [4.69, 9.17) is 17.3 Å². The molecule has 0 saturated heterocycles. The minimum atomic E-state index is 0.280. The highest BCUT2D eigenvalue weighted by molar-refractivity contribution is 6.30. The Morgan fingerprint density at radius 3 is 2.61 bits per heavy atom. The Morgan fingerprint density at radius 2 is 1.94 bits per heavy atom. The molecule has 18 heavy (non-hydrogen) atoms. The van der Waals surface area contributed by atoms with Crippen LogP contribution in [0.1, 0.15) is 25.1 Å².